The molecule has 1 aliphatic rings. The third-order valence-electron chi connectivity index (χ3n) is 4.71. The molecule has 1 fully saturated rings. The van der Waals surface area contributed by atoms with Gasteiger partial charge in [-0.3, -0.25) is 4.79 Å². The second-order valence-electron chi connectivity index (χ2n) is 6.40. The summed E-state index contributed by atoms with van der Waals surface area (Å²) in [7, 11) is 0. The molecule has 1 aliphatic carbocycles. The summed E-state index contributed by atoms with van der Waals surface area (Å²) < 4.78 is 26.8. The van der Waals surface area contributed by atoms with Crippen LogP contribution in [0.4, 0.5) is 14.5 Å². The Bertz CT molecular complexity index is 506. The van der Waals surface area contributed by atoms with Crippen LogP contribution in [0.5, 0.6) is 0 Å². The molecule has 0 saturated heterocycles. The third kappa shape index (κ3) is 2.42. The zero-order valence-corrected chi connectivity index (χ0v) is 12.2. The number of anilines is 1. The molecule has 0 radical (unpaired) electrons. The molecule has 0 unspecified atom stereocenters. The Labute approximate surface area is 117 Å². The van der Waals surface area contributed by atoms with Crippen LogP contribution < -0.4 is 10.6 Å². The van der Waals surface area contributed by atoms with E-state index in [0.717, 1.165) is 12.1 Å². The molecule has 0 aliphatic heterocycles. The molecule has 2 rings (SSSR count). The SMILES string of the molecule is CC1(C)C(NCC(=O)Nc2c(F)cccc2F)C1(C)C. The maximum atomic E-state index is 13.4. The summed E-state index contributed by atoms with van der Waals surface area (Å²) in [5, 5.41) is 5.40. The highest BCUT2D eigenvalue weighted by atomic mass is 19.1. The van der Waals surface area contributed by atoms with Gasteiger partial charge in [-0.25, -0.2) is 8.78 Å². The molecule has 0 atom stereocenters. The molecule has 0 spiro atoms. The first-order valence-electron chi connectivity index (χ1n) is 6.65. The summed E-state index contributed by atoms with van der Waals surface area (Å²) in [6.45, 7) is 8.53. The predicted octanol–water partition coefficient (Wildman–Crippen LogP) is 2.93. The molecular weight excluding hydrogens is 262 g/mol. The number of hydrogen-bond acceptors (Lipinski definition) is 2. The Morgan fingerprint density at radius 2 is 1.65 bits per heavy atom. The largest absolute Gasteiger partial charge is 0.320 e. The molecule has 1 aromatic carbocycles. The minimum atomic E-state index is -0.773. The Morgan fingerprint density at radius 1 is 1.15 bits per heavy atom. The summed E-state index contributed by atoms with van der Waals surface area (Å²) in [4.78, 5) is 11.8. The average molecular weight is 282 g/mol. The Morgan fingerprint density at radius 3 is 2.10 bits per heavy atom. The first kappa shape index (κ1) is 14.9. The second kappa shape index (κ2) is 4.81. The van der Waals surface area contributed by atoms with E-state index in [2.05, 4.69) is 38.3 Å². The molecule has 1 saturated carbocycles. The van der Waals surface area contributed by atoms with Crippen molar-refractivity contribution in [2.24, 2.45) is 10.8 Å². The third-order valence-corrected chi connectivity index (χ3v) is 4.71. The van der Waals surface area contributed by atoms with Gasteiger partial charge in [0.05, 0.1) is 6.54 Å². The summed E-state index contributed by atoms with van der Waals surface area (Å²) in [6.07, 6.45) is 0. The van der Waals surface area contributed by atoms with Crippen LogP contribution in [0.2, 0.25) is 0 Å². The van der Waals surface area contributed by atoms with Crippen molar-refractivity contribution in [3.05, 3.63) is 29.8 Å². The van der Waals surface area contributed by atoms with E-state index in [9.17, 15) is 13.6 Å². The van der Waals surface area contributed by atoms with Gasteiger partial charge >= 0.3 is 0 Å². The van der Waals surface area contributed by atoms with E-state index < -0.39 is 23.2 Å². The van der Waals surface area contributed by atoms with E-state index in [1.165, 1.54) is 6.07 Å². The van der Waals surface area contributed by atoms with Crippen LogP contribution in [0.3, 0.4) is 0 Å². The molecule has 0 heterocycles. The predicted molar refractivity (Wildman–Crippen MR) is 74.3 cm³/mol. The lowest BCUT2D eigenvalue weighted by molar-refractivity contribution is -0.115. The van der Waals surface area contributed by atoms with Gasteiger partial charge in [0.25, 0.3) is 0 Å². The van der Waals surface area contributed by atoms with Crippen LogP contribution in [0.1, 0.15) is 27.7 Å². The van der Waals surface area contributed by atoms with Gasteiger partial charge in [-0.05, 0) is 23.0 Å². The lowest BCUT2D eigenvalue weighted by atomic mass is 10.0. The molecule has 20 heavy (non-hydrogen) atoms. The zero-order chi connectivity index (χ0) is 15.1. The van der Waals surface area contributed by atoms with Crippen LogP contribution in [0, 0.1) is 22.5 Å². The molecule has 1 aromatic rings. The zero-order valence-electron chi connectivity index (χ0n) is 12.2. The highest BCUT2D eigenvalue weighted by Crippen LogP contribution is 2.62. The first-order chi connectivity index (χ1) is 9.18. The molecule has 0 bridgehead atoms. The maximum absolute atomic E-state index is 13.4. The summed E-state index contributed by atoms with van der Waals surface area (Å²) in [5.41, 5.74) is -0.179. The quantitative estimate of drug-likeness (QED) is 0.891. The fraction of sp³-hybridized carbons (Fsp3) is 0.533. The number of para-hydroxylation sites is 1. The van der Waals surface area contributed by atoms with Crippen molar-refractivity contribution < 1.29 is 13.6 Å². The number of nitrogens with one attached hydrogen (secondary N) is 2. The van der Waals surface area contributed by atoms with E-state index in [4.69, 9.17) is 0 Å². The molecule has 110 valence electrons. The number of halogens is 2. The fourth-order valence-electron chi connectivity index (χ4n) is 2.70. The fourth-order valence-corrected chi connectivity index (χ4v) is 2.70. The Balaban J connectivity index is 1.92. The van der Waals surface area contributed by atoms with Gasteiger partial charge in [0.2, 0.25) is 5.91 Å². The van der Waals surface area contributed by atoms with Crippen LogP contribution in [0.25, 0.3) is 0 Å². The molecule has 0 aromatic heterocycles. The van der Waals surface area contributed by atoms with E-state index in [0.29, 0.717) is 0 Å². The summed E-state index contributed by atoms with van der Waals surface area (Å²) in [5.74, 6) is -2.00. The van der Waals surface area contributed by atoms with Crippen LogP contribution in [-0.2, 0) is 4.79 Å². The van der Waals surface area contributed by atoms with Crippen molar-refractivity contribution in [2.75, 3.05) is 11.9 Å². The molecular formula is C15H20F2N2O. The average Bonchev–Trinajstić information content (AvgIpc) is 2.72. The van der Waals surface area contributed by atoms with Crippen LogP contribution in [-0.4, -0.2) is 18.5 Å². The molecule has 5 heteroatoms. The van der Waals surface area contributed by atoms with Gasteiger partial charge in [-0.15, -0.1) is 0 Å². The molecule has 1 amide bonds. The van der Waals surface area contributed by atoms with Crippen LogP contribution >= 0.6 is 0 Å². The van der Waals surface area contributed by atoms with Gasteiger partial charge in [0.15, 0.2) is 0 Å². The standard InChI is InChI=1S/C15H20F2N2O/c1-14(2)13(15(14,3)4)18-8-11(20)19-12-9(16)6-5-7-10(12)17/h5-7,13,18H,8H2,1-4H3,(H,19,20). The number of amides is 1. The van der Waals surface area contributed by atoms with Crippen molar-refractivity contribution >= 4 is 11.6 Å². The van der Waals surface area contributed by atoms with Gasteiger partial charge in [-0.1, -0.05) is 33.8 Å². The minimum absolute atomic E-state index is 0.0330. The highest BCUT2D eigenvalue weighted by Gasteiger charge is 2.64. The van der Waals surface area contributed by atoms with Gasteiger partial charge in [-0.2, -0.15) is 0 Å². The van der Waals surface area contributed by atoms with Crippen LogP contribution in [0.15, 0.2) is 18.2 Å². The number of rotatable bonds is 4. The maximum Gasteiger partial charge on any atom is 0.238 e. The van der Waals surface area contributed by atoms with Gasteiger partial charge < -0.3 is 10.6 Å². The van der Waals surface area contributed by atoms with Crippen molar-refractivity contribution in [3.8, 4) is 0 Å². The first-order valence-corrected chi connectivity index (χ1v) is 6.65. The summed E-state index contributed by atoms with van der Waals surface area (Å²) >= 11 is 0. The Hall–Kier alpha value is -1.49. The van der Waals surface area contributed by atoms with Gasteiger partial charge in [0, 0.05) is 6.04 Å². The number of hydrogen-bond donors (Lipinski definition) is 2. The lowest BCUT2D eigenvalue weighted by Crippen LogP contribution is -2.32. The van der Waals surface area contributed by atoms with Gasteiger partial charge in [0.1, 0.15) is 17.3 Å². The van der Waals surface area contributed by atoms with Crippen molar-refractivity contribution in [3.63, 3.8) is 0 Å². The number of benzene rings is 1. The summed E-state index contributed by atoms with van der Waals surface area (Å²) in [6, 6.07) is 3.69. The van der Waals surface area contributed by atoms with E-state index in [1.54, 1.807) is 0 Å². The Kier molecular flexibility index (Phi) is 3.58. The smallest absolute Gasteiger partial charge is 0.238 e. The topological polar surface area (TPSA) is 41.1 Å². The number of carbonyl (C=O) groups excluding carboxylic acids is 1. The molecule has 2 N–H and O–H groups in total. The number of carbonyl (C=O) groups is 1. The normalized spacial score (nSPS) is 19.7. The monoisotopic (exact) mass is 282 g/mol. The minimum Gasteiger partial charge on any atom is -0.320 e. The van der Waals surface area contributed by atoms with Crippen molar-refractivity contribution in [1.29, 1.82) is 0 Å². The van der Waals surface area contributed by atoms with E-state index >= 15 is 0 Å². The van der Waals surface area contributed by atoms with E-state index in [1.807, 2.05) is 0 Å². The second-order valence-corrected chi connectivity index (χ2v) is 6.40. The van der Waals surface area contributed by atoms with E-state index in [-0.39, 0.29) is 23.4 Å². The molecule has 3 nitrogen and oxygen atoms in total. The highest BCUT2D eigenvalue weighted by molar-refractivity contribution is 5.92. The van der Waals surface area contributed by atoms with Crippen molar-refractivity contribution in [2.45, 2.75) is 33.7 Å². The lowest BCUT2D eigenvalue weighted by Gasteiger charge is -2.09. The van der Waals surface area contributed by atoms with Crippen molar-refractivity contribution in [1.82, 2.24) is 5.32 Å².